The average Bonchev–Trinajstić information content (AvgIpc) is 2.33. The Bertz CT molecular complexity index is 371. The normalized spacial score (nSPS) is 16.4. The van der Waals surface area contributed by atoms with Gasteiger partial charge in [-0.2, -0.15) is 0 Å². The maximum Gasteiger partial charge on any atom is 0.0519 e. The predicted molar refractivity (Wildman–Crippen MR) is 76.8 cm³/mol. The lowest BCUT2D eigenvalue weighted by Gasteiger charge is -2.23. The molecular weight excluding hydrogens is 232 g/mol. The van der Waals surface area contributed by atoms with E-state index >= 15 is 0 Å². The SMILES string of the molecule is Cc1cc(C2CCCCC2)cc(NN)c1C.Cl. The van der Waals surface area contributed by atoms with Gasteiger partial charge in [-0.05, 0) is 55.4 Å². The summed E-state index contributed by atoms with van der Waals surface area (Å²) < 4.78 is 0. The van der Waals surface area contributed by atoms with Gasteiger partial charge in [0.15, 0.2) is 0 Å². The van der Waals surface area contributed by atoms with Gasteiger partial charge in [0.05, 0.1) is 5.69 Å². The second kappa shape index (κ2) is 6.27. The van der Waals surface area contributed by atoms with Gasteiger partial charge in [0.2, 0.25) is 0 Å². The molecule has 1 aliphatic carbocycles. The minimum atomic E-state index is 0. The van der Waals surface area contributed by atoms with Crippen molar-refractivity contribution in [3.05, 3.63) is 28.8 Å². The molecule has 17 heavy (non-hydrogen) atoms. The van der Waals surface area contributed by atoms with Crippen molar-refractivity contribution >= 4 is 18.1 Å². The topological polar surface area (TPSA) is 38.0 Å². The Kier molecular flexibility index (Phi) is 5.29. The Labute approximate surface area is 110 Å². The first kappa shape index (κ1) is 14.3. The van der Waals surface area contributed by atoms with Gasteiger partial charge in [0.25, 0.3) is 0 Å². The van der Waals surface area contributed by atoms with E-state index in [1.807, 2.05) is 0 Å². The second-order valence-electron chi connectivity index (χ2n) is 4.99. The van der Waals surface area contributed by atoms with E-state index in [9.17, 15) is 0 Å². The highest BCUT2D eigenvalue weighted by atomic mass is 35.5. The van der Waals surface area contributed by atoms with Crippen LogP contribution in [0.15, 0.2) is 12.1 Å². The lowest BCUT2D eigenvalue weighted by Crippen LogP contribution is -2.11. The highest BCUT2D eigenvalue weighted by Crippen LogP contribution is 2.35. The number of nitrogens with two attached hydrogens (primary N) is 1. The van der Waals surface area contributed by atoms with Crippen LogP contribution in [0.25, 0.3) is 0 Å². The van der Waals surface area contributed by atoms with Crippen LogP contribution < -0.4 is 11.3 Å². The van der Waals surface area contributed by atoms with Gasteiger partial charge in [-0.3, -0.25) is 5.84 Å². The fraction of sp³-hybridized carbons (Fsp3) is 0.571. The minimum absolute atomic E-state index is 0. The zero-order valence-corrected chi connectivity index (χ0v) is 11.6. The highest BCUT2D eigenvalue weighted by molar-refractivity contribution is 5.85. The Morgan fingerprint density at radius 3 is 2.35 bits per heavy atom. The van der Waals surface area contributed by atoms with E-state index in [0.29, 0.717) is 0 Å². The molecule has 1 saturated carbocycles. The molecule has 0 bridgehead atoms. The Morgan fingerprint density at radius 1 is 1.12 bits per heavy atom. The lowest BCUT2D eigenvalue weighted by molar-refractivity contribution is 0.443. The molecule has 0 spiro atoms. The molecule has 0 aliphatic heterocycles. The number of aryl methyl sites for hydroxylation is 1. The molecule has 2 rings (SSSR count). The number of anilines is 1. The summed E-state index contributed by atoms with van der Waals surface area (Å²) in [4.78, 5) is 0. The molecular formula is C14H23ClN2. The van der Waals surface area contributed by atoms with Crippen molar-refractivity contribution < 1.29 is 0 Å². The molecule has 1 aromatic rings. The van der Waals surface area contributed by atoms with Crippen LogP contribution in [0.5, 0.6) is 0 Å². The molecule has 0 heterocycles. The van der Waals surface area contributed by atoms with Crippen molar-refractivity contribution in [1.29, 1.82) is 0 Å². The third kappa shape index (κ3) is 3.14. The van der Waals surface area contributed by atoms with Crippen LogP contribution in [0.3, 0.4) is 0 Å². The average molecular weight is 255 g/mol. The van der Waals surface area contributed by atoms with E-state index < -0.39 is 0 Å². The van der Waals surface area contributed by atoms with E-state index in [0.717, 1.165) is 11.6 Å². The number of hydrogen-bond acceptors (Lipinski definition) is 2. The fourth-order valence-electron chi connectivity index (χ4n) is 2.71. The summed E-state index contributed by atoms with van der Waals surface area (Å²) in [6.45, 7) is 4.29. The van der Waals surface area contributed by atoms with Crippen molar-refractivity contribution in [1.82, 2.24) is 0 Å². The van der Waals surface area contributed by atoms with E-state index in [4.69, 9.17) is 5.84 Å². The van der Waals surface area contributed by atoms with Gasteiger partial charge in [-0.25, -0.2) is 0 Å². The largest absolute Gasteiger partial charge is 0.324 e. The molecule has 0 aromatic heterocycles. The van der Waals surface area contributed by atoms with E-state index in [1.165, 1.54) is 48.8 Å². The van der Waals surface area contributed by atoms with Crippen LogP contribution in [-0.2, 0) is 0 Å². The van der Waals surface area contributed by atoms with Crippen LogP contribution in [0.4, 0.5) is 5.69 Å². The zero-order valence-electron chi connectivity index (χ0n) is 10.8. The van der Waals surface area contributed by atoms with Crippen LogP contribution in [0.2, 0.25) is 0 Å². The standard InChI is InChI=1S/C14H22N2.ClH/c1-10-8-13(9-14(16-15)11(10)2)12-6-4-3-5-7-12;/h8-9,12,16H,3-7,15H2,1-2H3;1H. The maximum absolute atomic E-state index is 5.57. The van der Waals surface area contributed by atoms with Gasteiger partial charge < -0.3 is 5.43 Å². The molecule has 0 unspecified atom stereocenters. The zero-order chi connectivity index (χ0) is 11.5. The number of hydrogen-bond donors (Lipinski definition) is 2. The van der Waals surface area contributed by atoms with Gasteiger partial charge in [-0.15, -0.1) is 12.4 Å². The minimum Gasteiger partial charge on any atom is -0.324 e. The molecule has 0 saturated heterocycles. The first-order chi connectivity index (χ1) is 7.72. The Balaban J connectivity index is 0.00000144. The summed E-state index contributed by atoms with van der Waals surface area (Å²) in [7, 11) is 0. The summed E-state index contributed by atoms with van der Waals surface area (Å²) in [6.07, 6.45) is 6.84. The van der Waals surface area contributed by atoms with Crippen molar-refractivity contribution in [2.24, 2.45) is 5.84 Å². The van der Waals surface area contributed by atoms with Crippen molar-refractivity contribution in [3.8, 4) is 0 Å². The van der Waals surface area contributed by atoms with Crippen LogP contribution >= 0.6 is 12.4 Å². The molecule has 0 amide bonds. The molecule has 1 fully saturated rings. The number of nitrogen functional groups attached to an aromatic ring is 1. The number of rotatable bonds is 2. The third-order valence-corrected chi connectivity index (χ3v) is 3.92. The van der Waals surface area contributed by atoms with Gasteiger partial charge >= 0.3 is 0 Å². The summed E-state index contributed by atoms with van der Waals surface area (Å²) in [6, 6.07) is 4.57. The molecule has 3 heteroatoms. The number of hydrazine groups is 1. The Hall–Kier alpha value is -0.730. The fourth-order valence-corrected chi connectivity index (χ4v) is 2.71. The quantitative estimate of drug-likeness (QED) is 0.617. The van der Waals surface area contributed by atoms with Crippen LogP contribution in [0, 0.1) is 13.8 Å². The molecule has 1 aliphatic rings. The van der Waals surface area contributed by atoms with E-state index in [-0.39, 0.29) is 12.4 Å². The maximum atomic E-state index is 5.57. The molecule has 96 valence electrons. The Morgan fingerprint density at radius 2 is 1.76 bits per heavy atom. The van der Waals surface area contributed by atoms with Crippen molar-refractivity contribution in [2.45, 2.75) is 51.9 Å². The van der Waals surface area contributed by atoms with Gasteiger partial charge in [0, 0.05) is 0 Å². The molecule has 1 aromatic carbocycles. The molecule has 0 atom stereocenters. The van der Waals surface area contributed by atoms with Crippen molar-refractivity contribution in [3.63, 3.8) is 0 Å². The first-order valence-corrected chi connectivity index (χ1v) is 6.30. The molecule has 0 radical (unpaired) electrons. The van der Waals surface area contributed by atoms with Crippen molar-refractivity contribution in [2.75, 3.05) is 5.43 Å². The lowest BCUT2D eigenvalue weighted by atomic mass is 9.83. The number of nitrogens with one attached hydrogen (secondary N) is 1. The molecule has 3 N–H and O–H groups in total. The predicted octanol–water partition coefficient (Wildman–Crippen LogP) is 4.06. The number of halogens is 1. The third-order valence-electron chi connectivity index (χ3n) is 3.92. The smallest absolute Gasteiger partial charge is 0.0519 e. The summed E-state index contributed by atoms with van der Waals surface area (Å²) in [5.74, 6) is 6.32. The monoisotopic (exact) mass is 254 g/mol. The highest BCUT2D eigenvalue weighted by Gasteiger charge is 2.16. The van der Waals surface area contributed by atoms with E-state index in [1.54, 1.807) is 0 Å². The first-order valence-electron chi connectivity index (χ1n) is 6.30. The summed E-state index contributed by atoms with van der Waals surface area (Å²) >= 11 is 0. The van der Waals surface area contributed by atoms with Gasteiger partial charge in [-0.1, -0.05) is 25.3 Å². The van der Waals surface area contributed by atoms with Crippen LogP contribution in [-0.4, -0.2) is 0 Å². The summed E-state index contributed by atoms with van der Waals surface area (Å²) in [5, 5.41) is 0. The summed E-state index contributed by atoms with van der Waals surface area (Å²) in [5.41, 5.74) is 7.98. The number of benzene rings is 1. The second-order valence-corrected chi connectivity index (χ2v) is 4.99. The molecule has 2 nitrogen and oxygen atoms in total. The van der Waals surface area contributed by atoms with E-state index in [2.05, 4.69) is 31.4 Å². The van der Waals surface area contributed by atoms with Crippen LogP contribution in [0.1, 0.15) is 54.7 Å². The van der Waals surface area contributed by atoms with Gasteiger partial charge in [0.1, 0.15) is 0 Å².